The number of nitro benzene ring substituents is 1. The smallest absolute Gasteiger partial charge is 0.293 e. The van der Waals surface area contributed by atoms with Crippen LogP contribution >= 0.6 is 0 Å². The van der Waals surface area contributed by atoms with Gasteiger partial charge in [0.25, 0.3) is 11.6 Å². The Morgan fingerprint density at radius 1 is 0.968 bits per heavy atom. The molecule has 8 nitrogen and oxygen atoms in total. The molecule has 0 bridgehead atoms. The molecule has 0 N–H and O–H groups in total. The first-order valence-electron chi connectivity index (χ1n) is 9.76. The molecule has 0 atom stereocenters. The van der Waals surface area contributed by atoms with Crippen molar-refractivity contribution in [1.82, 2.24) is 4.90 Å². The van der Waals surface area contributed by atoms with Gasteiger partial charge in [-0.25, -0.2) is 8.42 Å². The predicted molar refractivity (Wildman–Crippen MR) is 118 cm³/mol. The van der Waals surface area contributed by atoms with Crippen LogP contribution < -0.4 is 4.90 Å². The van der Waals surface area contributed by atoms with Crippen LogP contribution in [0.4, 0.5) is 11.4 Å². The van der Waals surface area contributed by atoms with E-state index >= 15 is 0 Å². The van der Waals surface area contributed by atoms with Crippen molar-refractivity contribution in [2.75, 3.05) is 37.3 Å². The van der Waals surface area contributed by atoms with Gasteiger partial charge in [-0.2, -0.15) is 0 Å². The second kappa shape index (κ2) is 7.99. The largest absolute Gasteiger partial charge is 0.362 e. The second-order valence-electron chi connectivity index (χ2n) is 7.49. The molecule has 0 radical (unpaired) electrons. The van der Waals surface area contributed by atoms with Gasteiger partial charge in [0.1, 0.15) is 5.69 Å². The van der Waals surface area contributed by atoms with E-state index in [4.69, 9.17) is 0 Å². The van der Waals surface area contributed by atoms with Crippen molar-refractivity contribution in [1.29, 1.82) is 0 Å². The van der Waals surface area contributed by atoms with Gasteiger partial charge in [-0.05, 0) is 29.0 Å². The number of anilines is 1. The SMILES string of the molecule is CS(=O)(=O)c1ccc(N2CCN(C(=O)c3cccc4ccccc34)CC2)c([N+](=O)[O-])c1. The maximum atomic E-state index is 13.1. The van der Waals surface area contributed by atoms with Crippen molar-refractivity contribution in [2.24, 2.45) is 0 Å². The molecular weight excluding hydrogens is 418 g/mol. The van der Waals surface area contributed by atoms with Gasteiger partial charge >= 0.3 is 0 Å². The topological polar surface area (TPSA) is 101 Å². The van der Waals surface area contributed by atoms with E-state index in [-0.39, 0.29) is 16.5 Å². The van der Waals surface area contributed by atoms with E-state index in [1.54, 1.807) is 4.90 Å². The lowest BCUT2D eigenvalue weighted by Crippen LogP contribution is -2.49. The van der Waals surface area contributed by atoms with E-state index < -0.39 is 14.8 Å². The van der Waals surface area contributed by atoms with E-state index in [1.807, 2.05) is 47.4 Å². The van der Waals surface area contributed by atoms with E-state index in [0.29, 0.717) is 37.4 Å². The fourth-order valence-corrected chi connectivity index (χ4v) is 4.52. The van der Waals surface area contributed by atoms with Crippen molar-refractivity contribution in [2.45, 2.75) is 4.90 Å². The summed E-state index contributed by atoms with van der Waals surface area (Å²) in [5.74, 6) is -0.0709. The van der Waals surface area contributed by atoms with Crippen molar-refractivity contribution < 1.29 is 18.1 Å². The predicted octanol–water partition coefficient (Wildman–Crippen LogP) is 3.11. The third-order valence-corrected chi connectivity index (χ3v) is 6.61. The van der Waals surface area contributed by atoms with E-state index in [1.165, 1.54) is 12.1 Å². The molecule has 0 unspecified atom stereocenters. The van der Waals surface area contributed by atoms with Gasteiger partial charge in [0.2, 0.25) is 0 Å². The van der Waals surface area contributed by atoms with Crippen LogP contribution in [0.5, 0.6) is 0 Å². The molecular formula is C22H21N3O5S. The van der Waals surface area contributed by atoms with Crippen LogP contribution in [0.1, 0.15) is 10.4 Å². The molecule has 3 aromatic carbocycles. The molecule has 31 heavy (non-hydrogen) atoms. The summed E-state index contributed by atoms with van der Waals surface area (Å²) in [5, 5.41) is 13.4. The molecule has 1 aliphatic heterocycles. The Morgan fingerprint density at radius 2 is 1.65 bits per heavy atom. The highest BCUT2D eigenvalue weighted by Crippen LogP contribution is 2.32. The summed E-state index contributed by atoms with van der Waals surface area (Å²) in [5.41, 5.74) is 0.737. The highest BCUT2D eigenvalue weighted by Gasteiger charge is 2.28. The van der Waals surface area contributed by atoms with Crippen molar-refractivity contribution in [3.8, 4) is 0 Å². The quantitative estimate of drug-likeness (QED) is 0.457. The zero-order valence-corrected chi connectivity index (χ0v) is 17.7. The number of benzene rings is 3. The number of carbonyl (C=O) groups is 1. The summed E-state index contributed by atoms with van der Waals surface area (Å²) in [6, 6.07) is 17.3. The average molecular weight is 439 g/mol. The van der Waals surface area contributed by atoms with Gasteiger partial charge in [0.05, 0.1) is 9.82 Å². The minimum atomic E-state index is -3.55. The van der Waals surface area contributed by atoms with Gasteiger partial charge in [0, 0.05) is 44.1 Å². The standard InChI is InChI=1S/C22H21N3O5S/c1-31(29,30)17-9-10-20(21(15-17)25(27)28)23-11-13-24(14-12-23)22(26)19-8-4-6-16-5-2-3-7-18(16)19/h2-10,15H,11-14H2,1H3. The Hall–Kier alpha value is -3.46. The number of carbonyl (C=O) groups excluding carboxylic acids is 1. The van der Waals surface area contributed by atoms with Crippen LogP contribution in [0.3, 0.4) is 0 Å². The lowest BCUT2D eigenvalue weighted by atomic mass is 10.0. The Bertz CT molecular complexity index is 1280. The number of fused-ring (bicyclic) bond motifs is 1. The fourth-order valence-electron chi connectivity index (χ4n) is 3.88. The molecule has 0 spiro atoms. The van der Waals surface area contributed by atoms with E-state index in [2.05, 4.69) is 0 Å². The highest BCUT2D eigenvalue weighted by atomic mass is 32.2. The minimum Gasteiger partial charge on any atom is -0.362 e. The molecule has 9 heteroatoms. The molecule has 4 rings (SSSR count). The molecule has 1 heterocycles. The van der Waals surface area contributed by atoms with Crippen LogP contribution in [0.25, 0.3) is 10.8 Å². The molecule has 160 valence electrons. The Kier molecular flexibility index (Phi) is 5.36. The molecule has 1 fully saturated rings. The summed E-state index contributed by atoms with van der Waals surface area (Å²) in [6.07, 6.45) is 1.02. The number of rotatable bonds is 4. The van der Waals surface area contributed by atoms with Gasteiger partial charge < -0.3 is 9.80 Å². The first-order chi connectivity index (χ1) is 14.8. The number of hydrogen-bond acceptors (Lipinski definition) is 6. The maximum absolute atomic E-state index is 13.1. The zero-order valence-electron chi connectivity index (χ0n) is 16.9. The number of nitrogens with zero attached hydrogens (tertiary/aromatic N) is 3. The first-order valence-corrected chi connectivity index (χ1v) is 11.7. The third-order valence-electron chi connectivity index (χ3n) is 5.50. The number of nitro groups is 1. The highest BCUT2D eigenvalue weighted by molar-refractivity contribution is 7.90. The lowest BCUT2D eigenvalue weighted by Gasteiger charge is -2.36. The van der Waals surface area contributed by atoms with Gasteiger partial charge in [-0.1, -0.05) is 36.4 Å². The summed E-state index contributed by atoms with van der Waals surface area (Å²) in [7, 11) is -3.55. The average Bonchev–Trinajstić information content (AvgIpc) is 2.77. The molecule has 0 saturated carbocycles. The minimum absolute atomic E-state index is 0.0709. The molecule has 0 aliphatic carbocycles. The second-order valence-corrected chi connectivity index (χ2v) is 9.50. The molecule has 1 aliphatic rings. The van der Waals surface area contributed by atoms with Gasteiger partial charge in [-0.3, -0.25) is 14.9 Å². The monoisotopic (exact) mass is 439 g/mol. The zero-order chi connectivity index (χ0) is 22.2. The third kappa shape index (κ3) is 4.09. The maximum Gasteiger partial charge on any atom is 0.293 e. The summed E-state index contributed by atoms with van der Waals surface area (Å²) in [4.78, 5) is 27.6. The molecule has 1 saturated heterocycles. The number of amides is 1. The molecule has 0 aromatic heterocycles. The van der Waals surface area contributed by atoms with Gasteiger partial charge in [-0.15, -0.1) is 0 Å². The normalized spacial score (nSPS) is 14.6. The first kappa shape index (κ1) is 20.8. The van der Waals surface area contributed by atoms with Crippen LogP contribution in [-0.4, -0.2) is 56.6 Å². The van der Waals surface area contributed by atoms with E-state index in [9.17, 15) is 23.3 Å². The Morgan fingerprint density at radius 3 is 2.32 bits per heavy atom. The molecule has 1 amide bonds. The number of sulfone groups is 1. The number of piperazine rings is 1. The van der Waals surface area contributed by atoms with Crippen LogP contribution in [-0.2, 0) is 9.84 Å². The molecule has 3 aromatic rings. The van der Waals surface area contributed by atoms with Crippen LogP contribution in [0.2, 0.25) is 0 Å². The van der Waals surface area contributed by atoms with Crippen molar-refractivity contribution in [3.05, 3.63) is 76.3 Å². The summed E-state index contributed by atoms with van der Waals surface area (Å²) in [6.45, 7) is 1.64. The fraction of sp³-hybridized carbons (Fsp3) is 0.227. The Balaban J connectivity index is 1.55. The van der Waals surface area contributed by atoms with Crippen molar-refractivity contribution in [3.63, 3.8) is 0 Å². The number of hydrogen-bond donors (Lipinski definition) is 0. The van der Waals surface area contributed by atoms with E-state index in [0.717, 1.165) is 23.1 Å². The lowest BCUT2D eigenvalue weighted by molar-refractivity contribution is -0.384. The van der Waals surface area contributed by atoms with Gasteiger partial charge in [0.15, 0.2) is 9.84 Å². The van der Waals surface area contributed by atoms with Crippen LogP contribution in [0, 0.1) is 10.1 Å². The Labute approximate surface area is 179 Å². The van der Waals surface area contributed by atoms with Crippen LogP contribution in [0.15, 0.2) is 65.6 Å². The summed E-state index contributed by atoms with van der Waals surface area (Å²) >= 11 is 0. The summed E-state index contributed by atoms with van der Waals surface area (Å²) < 4.78 is 23.5. The van der Waals surface area contributed by atoms with Crippen molar-refractivity contribution >= 4 is 37.9 Å².